The molecule has 2 heteroatoms. The first-order chi connectivity index (χ1) is 9.43. The zero-order valence-corrected chi connectivity index (χ0v) is 15.0. The summed E-state index contributed by atoms with van der Waals surface area (Å²) in [6, 6.07) is 13.5. The van der Waals surface area contributed by atoms with E-state index in [0.29, 0.717) is 0 Å². The van der Waals surface area contributed by atoms with Crippen LogP contribution in [0.2, 0.25) is 12.1 Å². The zero-order valence-electron chi connectivity index (χ0n) is 14.0. The Morgan fingerprint density at radius 1 is 0.900 bits per heavy atom. The summed E-state index contributed by atoms with van der Waals surface area (Å²) in [5, 5.41) is 1.48. The molecule has 0 radical (unpaired) electrons. The summed E-state index contributed by atoms with van der Waals surface area (Å²) in [5.41, 5.74) is -0.0520. The largest absolute Gasteiger partial charge is 0.408 e. The van der Waals surface area contributed by atoms with Gasteiger partial charge in [0.2, 0.25) is 8.32 Å². The normalized spacial score (nSPS) is 12.7. The fourth-order valence-corrected chi connectivity index (χ4v) is 7.80. The van der Waals surface area contributed by atoms with Crippen LogP contribution in [0, 0.1) is 0 Å². The van der Waals surface area contributed by atoms with Crippen LogP contribution in [0.25, 0.3) is 0 Å². The molecule has 0 fully saturated rings. The molecule has 0 aromatic heterocycles. The van der Waals surface area contributed by atoms with Gasteiger partial charge in [0.15, 0.2) is 0 Å². The Morgan fingerprint density at radius 2 is 1.40 bits per heavy atom. The smallest absolute Gasteiger partial charge is 0.224 e. The van der Waals surface area contributed by atoms with Crippen molar-refractivity contribution < 1.29 is 4.43 Å². The molecule has 1 nitrogen and oxygen atoms in total. The Bertz CT molecular complexity index is 359. The number of rotatable bonds is 8. The number of benzene rings is 1. The van der Waals surface area contributed by atoms with Gasteiger partial charge in [-0.15, -0.1) is 0 Å². The van der Waals surface area contributed by atoms with Gasteiger partial charge in [0, 0.05) is 5.60 Å². The van der Waals surface area contributed by atoms with E-state index >= 15 is 0 Å². The Kier molecular flexibility index (Phi) is 6.97. The predicted molar refractivity (Wildman–Crippen MR) is 92.1 cm³/mol. The van der Waals surface area contributed by atoms with E-state index in [2.05, 4.69) is 65.0 Å². The lowest BCUT2D eigenvalue weighted by molar-refractivity contribution is 0.120. The molecule has 0 saturated carbocycles. The summed E-state index contributed by atoms with van der Waals surface area (Å²) in [6.07, 6.45) is 5.06. The van der Waals surface area contributed by atoms with Gasteiger partial charge in [0.25, 0.3) is 0 Å². The average Bonchev–Trinajstić information content (AvgIpc) is 2.41. The van der Waals surface area contributed by atoms with Crippen LogP contribution in [0.3, 0.4) is 0 Å². The van der Waals surface area contributed by atoms with Crippen molar-refractivity contribution in [3.05, 3.63) is 30.3 Å². The van der Waals surface area contributed by atoms with Crippen LogP contribution < -0.4 is 5.19 Å². The van der Waals surface area contributed by atoms with Gasteiger partial charge in [-0.2, -0.15) is 0 Å². The summed E-state index contributed by atoms with van der Waals surface area (Å²) in [4.78, 5) is 0. The quantitative estimate of drug-likeness (QED) is 0.594. The molecule has 0 bridgehead atoms. The minimum atomic E-state index is -1.85. The second kappa shape index (κ2) is 7.99. The van der Waals surface area contributed by atoms with E-state index in [1.807, 2.05) is 0 Å². The van der Waals surface area contributed by atoms with Gasteiger partial charge < -0.3 is 4.43 Å². The van der Waals surface area contributed by atoms with Crippen molar-refractivity contribution in [3.63, 3.8) is 0 Å². The van der Waals surface area contributed by atoms with Crippen molar-refractivity contribution in [2.75, 3.05) is 0 Å². The second-order valence-electron chi connectivity index (χ2n) is 6.78. The maximum absolute atomic E-state index is 6.75. The molecule has 20 heavy (non-hydrogen) atoms. The monoisotopic (exact) mass is 292 g/mol. The lowest BCUT2D eigenvalue weighted by Crippen LogP contribution is -2.54. The maximum Gasteiger partial charge on any atom is 0.224 e. The molecule has 0 spiro atoms. The standard InChI is InChI=1S/C18H32OSi/c1-6-8-15-20(16-9-7-2,19-18(3,4)5)17-13-11-10-12-14-17/h10-14H,6-9,15-16H2,1-5H3. The Balaban J connectivity index is 3.10. The van der Waals surface area contributed by atoms with Crippen LogP contribution >= 0.6 is 0 Å². The number of unbranched alkanes of at least 4 members (excludes halogenated alkanes) is 2. The molecule has 0 aliphatic carbocycles. The number of hydrogen-bond donors (Lipinski definition) is 0. The molecule has 0 aliphatic heterocycles. The van der Waals surface area contributed by atoms with Crippen molar-refractivity contribution in [1.82, 2.24) is 0 Å². The second-order valence-corrected chi connectivity index (χ2v) is 10.6. The zero-order chi connectivity index (χ0) is 15.1. The SMILES string of the molecule is CCCC[Si](CCCC)(OC(C)(C)C)c1ccccc1. The minimum Gasteiger partial charge on any atom is -0.408 e. The Labute approximate surface area is 126 Å². The summed E-state index contributed by atoms with van der Waals surface area (Å²) in [6.45, 7) is 11.2. The molecule has 0 atom stereocenters. The van der Waals surface area contributed by atoms with Gasteiger partial charge in [-0.1, -0.05) is 69.9 Å². The molecule has 114 valence electrons. The van der Waals surface area contributed by atoms with Crippen LogP contribution in [0.4, 0.5) is 0 Å². The highest BCUT2D eigenvalue weighted by atomic mass is 28.4. The van der Waals surface area contributed by atoms with Gasteiger partial charge in [0.1, 0.15) is 0 Å². The topological polar surface area (TPSA) is 9.23 Å². The van der Waals surface area contributed by atoms with Crippen molar-refractivity contribution in [2.45, 2.75) is 78.0 Å². The highest BCUT2D eigenvalue weighted by molar-refractivity contribution is 6.86. The minimum absolute atomic E-state index is 0.0520. The lowest BCUT2D eigenvalue weighted by atomic mass is 10.2. The molecule has 0 heterocycles. The third-order valence-electron chi connectivity index (χ3n) is 3.67. The van der Waals surface area contributed by atoms with Crippen molar-refractivity contribution >= 4 is 13.5 Å². The summed E-state index contributed by atoms with van der Waals surface area (Å²) < 4.78 is 6.75. The third kappa shape index (κ3) is 5.41. The highest BCUT2D eigenvalue weighted by Gasteiger charge is 2.39. The van der Waals surface area contributed by atoms with Crippen molar-refractivity contribution in [2.24, 2.45) is 0 Å². The lowest BCUT2D eigenvalue weighted by Gasteiger charge is -2.38. The summed E-state index contributed by atoms with van der Waals surface area (Å²) in [7, 11) is -1.85. The molecule has 1 aromatic rings. The predicted octanol–water partition coefficient (Wildman–Crippen LogP) is 5.25. The van der Waals surface area contributed by atoms with E-state index in [4.69, 9.17) is 4.43 Å². The highest BCUT2D eigenvalue weighted by Crippen LogP contribution is 2.28. The van der Waals surface area contributed by atoms with Gasteiger partial charge in [0.05, 0.1) is 0 Å². The van der Waals surface area contributed by atoms with E-state index in [0.717, 1.165) is 0 Å². The summed E-state index contributed by atoms with van der Waals surface area (Å²) in [5.74, 6) is 0. The summed E-state index contributed by atoms with van der Waals surface area (Å²) >= 11 is 0. The maximum atomic E-state index is 6.75. The molecule has 0 N–H and O–H groups in total. The molecule has 1 aromatic carbocycles. The first kappa shape index (κ1) is 17.4. The van der Waals surface area contributed by atoms with Crippen LogP contribution in [-0.4, -0.2) is 13.9 Å². The van der Waals surface area contributed by atoms with Crippen LogP contribution in [-0.2, 0) is 4.43 Å². The van der Waals surface area contributed by atoms with Crippen LogP contribution in [0.1, 0.15) is 60.3 Å². The molecular weight excluding hydrogens is 260 g/mol. The van der Waals surface area contributed by atoms with E-state index in [9.17, 15) is 0 Å². The van der Waals surface area contributed by atoms with Gasteiger partial charge in [-0.05, 0) is 38.0 Å². The molecule has 0 aliphatic rings. The number of hydrogen-bond acceptors (Lipinski definition) is 1. The molecule has 0 saturated heterocycles. The van der Waals surface area contributed by atoms with Gasteiger partial charge in [-0.3, -0.25) is 0 Å². The van der Waals surface area contributed by atoms with E-state index in [1.165, 1.54) is 43.0 Å². The van der Waals surface area contributed by atoms with Crippen LogP contribution in [0.15, 0.2) is 30.3 Å². The molecule has 0 unspecified atom stereocenters. The van der Waals surface area contributed by atoms with E-state index in [1.54, 1.807) is 0 Å². The van der Waals surface area contributed by atoms with Gasteiger partial charge in [-0.25, -0.2) is 0 Å². The average molecular weight is 293 g/mol. The Morgan fingerprint density at radius 3 is 1.80 bits per heavy atom. The Hall–Kier alpha value is -0.603. The molecule has 1 rings (SSSR count). The fraction of sp³-hybridized carbons (Fsp3) is 0.667. The van der Waals surface area contributed by atoms with Gasteiger partial charge >= 0.3 is 0 Å². The van der Waals surface area contributed by atoms with Crippen molar-refractivity contribution in [1.29, 1.82) is 0 Å². The van der Waals surface area contributed by atoms with Crippen LogP contribution in [0.5, 0.6) is 0 Å². The van der Waals surface area contributed by atoms with Crippen molar-refractivity contribution in [3.8, 4) is 0 Å². The molecule has 0 amide bonds. The van der Waals surface area contributed by atoms with E-state index < -0.39 is 8.32 Å². The molecular formula is C18H32OSi. The first-order valence-corrected chi connectivity index (χ1v) is 10.5. The first-order valence-electron chi connectivity index (χ1n) is 8.19. The van der Waals surface area contributed by atoms with E-state index in [-0.39, 0.29) is 5.60 Å². The third-order valence-corrected chi connectivity index (χ3v) is 8.38. The fourth-order valence-electron chi connectivity index (χ4n) is 2.83.